The molecule has 1 aliphatic rings. The minimum atomic E-state index is -0.435. The largest absolute Gasteiger partial charge is 0.441 e. The maximum absolute atomic E-state index is 11.8. The van der Waals surface area contributed by atoms with E-state index in [2.05, 4.69) is 22.0 Å². The monoisotopic (exact) mass is 290 g/mol. The highest BCUT2D eigenvalue weighted by Crippen LogP contribution is 2.14. The fraction of sp³-hybridized carbons (Fsp3) is 0.500. The molecule has 2 aromatic rings. The molecule has 1 aliphatic heterocycles. The van der Waals surface area contributed by atoms with Gasteiger partial charge in [0.25, 0.3) is 0 Å². The van der Waals surface area contributed by atoms with E-state index in [9.17, 15) is 4.79 Å². The molecule has 7 heteroatoms. The van der Waals surface area contributed by atoms with Crippen LogP contribution in [0.15, 0.2) is 33.8 Å². The second kappa shape index (κ2) is 6.19. The van der Waals surface area contributed by atoms with Gasteiger partial charge in [0.15, 0.2) is 5.82 Å². The Bertz CT molecular complexity index is 637. The van der Waals surface area contributed by atoms with Crippen LogP contribution in [0.5, 0.6) is 0 Å². The van der Waals surface area contributed by atoms with Crippen LogP contribution in [0, 0.1) is 0 Å². The SMILES string of the molecule is CC1CN(CCn2c(-c3cccnc3)noc2=O)CCO1. The molecule has 0 spiro atoms. The van der Waals surface area contributed by atoms with Crippen molar-refractivity contribution >= 4 is 0 Å². The van der Waals surface area contributed by atoms with E-state index < -0.39 is 5.76 Å². The average Bonchev–Trinajstić information content (AvgIpc) is 2.87. The third-order valence-corrected chi connectivity index (χ3v) is 3.57. The lowest BCUT2D eigenvalue weighted by Gasteiger charge is -2.30. The third kappa shape index (κ3) is 3.20. The maximum Gasteiger partial charge on any atom is 0.441 e. The van der Waals surface area contributed by atoms with Crippen LogP contribution in [-0.2, 0) is 11.3 Å². The Labute approximate surface area is 122 Å². The van der Waals surface area contributed by atoms with Gasteiger partial charge in [-0.05, 0) is 19.1 Å². The van der Waals surface area contributed by atoms with Gasteiger partial charge in [-0.1, -0.05) is 5.16 Å². The van der Waals surface area contributed by atoms with E-state index in [4.69, 9.17) is 9.26 Å². The van der Waals surface area contributed by atoms with Crippen LogP contribution in [0.25, 0.3) is 11.4 Å². The fourth-order valence-electron chi connectivity index (χ4n) is 2.50. The van der Waals surface area contributed by atoms with Crippen molar-refractivity contribution < 1.29 is 9.26 Å². The molecule has 0 bridgehead atoms. The number of rotatable bonds is 4. The van der Waals surface area contributed by atoms with Crippen molar-refractivity contribution in [3.05, 3.63) is 35.1 Å². The van der Waals surface area contributed by atoms with E-state index in [1.54, 1.807) is 17.0 Å². The molecule has 0 aliphatic carbocycles. The summed E-state index contributed by atoms with van der Waals surface area (Å²) >= 11 is 0. The molecule has 3 heterocycles. The lowest BCUT2D eigenvalue weighted by molar-refractivity contribution is -0.0192. The molecular formula is C14H18N4O3. The first-order valence-corrected chi connectivity index (χ1v) is 7.05. The normalized spacial score (nSPS) is 19.8. The Morgan fingerprint density at radius 2 is 2.33 bits per heavy atom. The number of pyridine rings is 1. The van der Waals surface area contributed by atoms with Gasteiger partial charge in [-0.25, -0.2) is 4.79 Å². The Hall–Kier alpha value is -1.99. The minimum Gasteiger partial charge on any atom is -0.376 e. The Balaban J connectivity index is 1.74. The lowest BCUT2D eigenvalue weighted by atomic mass is 10.2. The number of hydrogen-bond acceptors (Lipinski definition) is 6. The van der Waals surface area contributed by atoms with E-state index >= 15 is 0 Å². The average molecular weight is 290 g/mol. The molecule has 1 fully saturated rings. The first-order chi connectivity index (χ1) is 10.2. The predicted octanol–water partition coefficient (Wildman–Crippen LogP) is 0.619. The van der Waals surface area contributed by atoms with Crippen molar-refractivity contribution in [2.45, 2.75) is 19.6 Å². The second-order valence-corrected chi connectivity index (χ2v) is 5.15. The summed E-state index contributed by atoms with van der Waals surface area (Å²) in [4.78, 5) is 18.1. The summed E-state index contributed by atoms with van der Waals surface area (Å²) in [5, 5.41) is 3.86. The molecule has 1 atom stereocenters. The Morgan fingerprint density at radius 1 is 1.43 bits per heavy atom. The Morgan fingerprint density at radius 3 is 3.10 bits per heavy atom. The number of morpholine rings is 1. The molecule has 2 aromatic heterocycles. The molecule has 1 saturated heterocycles. The van der Waals surface area contributed by atoms with Gasteiger partial charge in [0.2, 0.25) is 0 Å². The quantitative estimate of drug-likeness (QED) is 0.822. The molecular weight excluding hydrogens is 272 g/mol. The van der Waals surface area contributed by atoms with Crippen molar-refractivity contribution in [2.75, 3.05) is 26.2 Å². The van der Waals surface area contributed by atoms with Crippen LogP contribution in [0.1, 0.15) is 6.92 Å². The highest BCUT2D eigenvalue weighted by atomic mass is 16.5. The van der Waals surface area contributed by atoms with E-state index in [1.165, 1.54) is 0 Å². The molecule has 3 rings (SSSR count). The molecule has 112 valence electrons. The summed E-state index contributed by atoms with van der Waals surface area (Å²) in [6.07, 6.45) is 3.59. The number of hydrogen-bond donors (Lipinski definition) is 0. The van der Waals surface area contributed by atoms with Crippen LogP contribution in [0.4, 0.5) is 0 Å². The van der Waals surface area contributed by atoms with Gasteiger partial charge < -0.3 is 4.74 Å². The zero-order valence-corrected chi connectivity index (χ0v) is 11.9. The van der Waals surface area contributed by atoms with Gasteiger partial charge in [0.05, 0.1) is 12.7 Å². The van der Waals surface area contributed by atoms with Crippen molar-refractivity contribution in [2.24, 2.45) is 0 Å². The first-order valence-electron chi connectivity index (χ1n) is 7.05. The summed E-state index contributed by atoms with van der Waals surface area (Å²) in [6, 6.07) is 3.67. The fourth-order valence-corrected chi connectivity index (χ4v) is 2.50. The van der Waals surface area contributed by atoms with Crippen molar-refractivity contribution in [1.82, 2.24) is 19.6 Å². The van der Waals surface area contributed by atoms with Gasteiger partial charge in [-0.2, -0.15) is 0 Å². The van der Waals surface area contributed by atoms with E-state index in [1.807, 2.05) is 12.1 Å². The lowest BCUT2D eigenvalue weighted by Crippen LogP contribution is -2.42. The summed E-state index contributed by atoms with van der Waals surface area (Å²) in [7, 11) is 0. The van der Waals surface area contributed by atoms with Crippen LogP contribution in [0.2, 0.25) is 0 Å². The molecule has 7 nitrogen and oxygen atoms in total. The third-order valence-electron chi connectivity index (χ3n) is 3.57. The zero-order valence-electron chi connectivity index (χ0n) is 11.9. The number of nitrogens with zero attached hydrogens (tertiary/aromatic N) is 4. The molecule has 21 heavy (non-hydrogen) atoms. The van der Waals surface area contributed by atoms with Crippen LogP contribution in [0.3, 0.4) is 0 Å². The van der Waals surface area contributed by atoms with Gasteiger partial charge in [0.1, 0.15) is 0 Å². The second-order valence-electron chi connectivity index (χ2n) is 5.15. The summed E-state index contributed by atoms with van der Waals surface area (Å²) in [5.41, 5.74) is 0.777. The summed E-state index contributed by atoms with van der Waals surface area (Å²) < 4.78 is 11.9. The minimum absolute atomic E-state index is 0.232. The summed E-state index contributed by atoms with van der Waals surface area (Å²) in [6.45, 7) is 5.85. The van der Waals surface area contributed by atoms with Crippen LogP contribution >= 0.6 is 0 Å². The number of ether oxygens (including phenoxy) is 1. The molecule has 1 unspecified atom stereocenters. The van der Waals surface area contributed by atoms with E-state index in [0.29, 0.717) is 12.4 Å². The topological polar surface area (TPSA) is 73.4 Å². The van der Waals surface area contributed by atoms with Gasteiger partial charge in [-0.3, -0.25) is 19.0 Å². The van der Waals surface area contributed by atoms with Gasteiger partial charge in [0, 0.05) is 44.1 Å². The van der Waals surface area contributed by atoms with Crippen molar-refractivity contribution in [3.63, 3.8) is 0 Å². The molecule has 0 aromatic carbocycles. The molecule has 0 amide bonds. The van der Waals surface area contributed by atoms with Crippen LogP contribution in [-0.4, -0.2) is 52.0 Å². The van der Waals surface area contributed by atoms with Crippen molar-refractivity contribution in [1.29, 1.82) is 0 Å². The molecule has 0 N–H and O–H groups in total. The number of aromatic nitrogens is 3. The summed E-state index contributed by atoms with van der Waals surface area (Å²) in [5.74, 6) is 0.0876. The van der Waals surface area contributed by atoms with E-state index in [-0.39, 0.29) is 6.10 Å². The Kier molecular flexibility index (Phi) is 4.12. The van der Waals surface area contributed by atoms with Crippen LogP contribution < -0.4 is 5.76 Å². The van der Waals surface area contributed by atoms with E-state index in [0.717, 1.165) is 31.8 Å². The van der Waals surface area contributed by atoms with Gasteiger partial charge >= 0.3 is 5.76 Å². The van der Waals surface area contributed by atoms with Gasteiger partial charge in [-0.15, -0.1) is 0 Å². The predicted molar refractivity (Wildman–Crippen MR) is 75.8 cm³/mol. The van der Waals surface area contributed by atoms with Crippen molar-refractivity contribution in [3.8, 4) is 11.4 Å². The smallest absolute Gasteiger partial charge is 0.376 e. The standard InChI is InChI=1S/C14H18N4O3/c1-11-10-17(7-8-20-11)5-6-18-13(16-21-14(18)19)12-3-2-4-15-9-12/h2-4,9,11H,5-8,10H2,1H3. The highest BCUT2D eigenvalue weighted by molar-refractivity contribution is 5.52. The zero-order chi connectivity index (χ0) is 14.7. The molecule has 0 saturated carbocycles. The highest BCUT2D eigenvalue weighted by Gasteiger charge is 2.18. The molecule has 0 radical (unpaired) electrons. The first kappa shape index (κ1) is 14.0. The maximum atomic E-state index is 11.8.